The van der Waals surface area contributed by atoms with Crippen LogP contribution in [0, 0.1) is 19.3 Å². The first kappa shape index (κ1) is 14.9. The van der Waals surface area contributed by atoms with Crippen LogP contribution >= 0.6 is 0 Å². The molecule has 1 fully saturated rings. The van der Waals surface area contributed by atoms with E-state index in [1.807, 2.05) is 18.7 Å². The molecule has 2 heterocycles. The fraction of sp³-hybridized carbons (Fsp3) is 0.733. The molecule has 1 saturated heterocycles. The fourth-order valence-electron chi connectivity index (χ4n) is 2.76. The van der Waals surface area contributed by atoms with Gasteiger partial charge in [-0.05, 0) is 19.3 Å². The van der Waals surface area contributed by atoms with E-state index >= 15 is 0 Å². The molecule has 0 atom stereocenters. The number of amides is 1. The van der Waals surface area contributed by atoms with E-state index in [1.165, 1.54) is 5.69 Å². The zero-order valence-corrected chi connectivity index (χ0v) is 13.3. The van der Waals surface area contributed by atoms with Crippen LogP contribution in [0.4, 0.5) is 5.69 Å². The normalized spacial score (nSPS) is 16.6. The third-order valence-electron chi connectivity index (χ3n) is 3.72. The van der Waals surface area contributed by atoms with Gasteiger partial charge in [-0.3, -0.25) is 9.89 Å². The van der Waals surface area contributed by atoms with Crippen molar-refractivity contribution in [1.82, 2.24) is 15.1 Å². The summed E-state index contributed by atoms with van der Waals surface area (Å²) >= 11 is 0. The molecule has 2 rings (SSSR count). The molecule has 0 radical (unpaired) electrons. The molecule has 5 nitrogen and oxygen atoms in total. The molecule has 112 valence electrons. The summed E-state index contributed by atoms with van der Waals surface area (Å²) < 4.78 is 0. The van der Waals surface area contributed by atoms with E-state index < -0.39 is 0 Å². The molecule has 0 saturated carbocycles. The van der Waals surface area contributed by atoms with Crippen molar-refractivity contribution in [2.24, 2.45) is 5.41 Å². The van der Waals surface area contributed by atoms with Crippen LogP contribution < -0.4 is 4.90 Å². The Bertz CT molecular complexity index is 459. The topological polar surface area (TPSA) is 52.2 Å². The highest BCUT2D eigenvalue weighted by molar-refractivity contribution is 5.77. The molecule has 0 spiro atoms. The Kier molecular flexibility index (Phi) is 4.06. The van der Waals surface area contributed by atoms with Crippen LogP contribution in [0.25, 0.3) is 0 Å². The van der Waals surface area contributed by atoms with Gasteiger partial charge in [-0.2, -0.15) is 5.10 Å². The number of anilines is 1. The Morgan fingerprint density at radius 3 is 2.25 bits per heavy atom. The predicted octanol–water partition coefficient (Wildman–Crippen LogP) is 2.11. The van der Waals surface area contributed by atoms with Crippen molar-refractivity contribution in [2.75, 3.05) is 31.1 Å². The number of aromatic amines is 1. The van der Waals surface area contributed by atoms with Gasteiger partial charge in [0.2, 0.25) is 5.91 Å². The third kappa shape index (κ3) is 3.32. The van der Waals surface area contributed by atoms with Gasteiger partial charge >= 0.3 is 0 Å². The first-order chi connectivity index (χ1) is 9.28. The lowest BCUT2D eigenvalue weighted by molar-refractivity contribution is -0.133. The molecule has 1 aliphatic rings. The minimum Gasteiger partial charge on any atom is -0.365 e. The number of carbonyl (C=O) groups is 1. The van der Waals surface area contributed by atoms with Crippen molar-refractivity contribution < 1.29 is 4.79 Å². The number of nitrogens with zero attached hydrogens (tertiary/aromatic N) is 3. The van der Waals surface area contributed by atoms with Gasteiger partial charge in [-0.1, -0.05) is 20.8 Å². The van der Waals surface area contributed by atoms with Crippen LogP contribution in [0.15, 0.2) is 0 Å². The summed E-state index contributed by atoms with van der Waals surface area (Å²) in [4.78, 5) is 16.6. The molecule has 0 bridgehead atoms. The monoisotopic (exact) mass is 278 g/mol. The number of aromatic nitrogens is 2. The molecule has 0 unspecified atom stereocenters. The molecular formula is C15H26N4O. The molecule has 0 aliphatic carbocycles. The van der Waals surface area contributed by atoms with Gasteiger partial charge in [0.15, 0.2) is 0 Å². The van der Waals surface area contributed by atoms with E-state index in [0.717, 1.165) is 37.6 Å². The van der Waals surface area contributed by atoms with Crippen molar-refractivity contribution in [3.63, 3.8) is 0 Å². The summed E-state index contributed by atoms with van der Waals surface area (Å²) in [6.07, 6.45) is 0.622. The molecule has 20 heavy (non-hydrogen) atoms. The summed E-state index contributed by atoms with van der Waals surface area (Å²) in [5.74, 6) is 0.276. The standard InChI is InChI=1S/C15H26N4O/c1-11-14(12(2)17-16-11)19-8-6-18(7-9-19)13(20)10-15(3,4)5/h6-10H2,1-5H3,(H,16,17). The number of rotatable bonds is 2. The highest BCUT2D eigenvalue weighted by Crippen LogP contribution is 2.24. The number of nitrogens with one attached hydrogen (secondary N) is 1. The lowest BCUT2D eigenvalue weighted by Crippen LogP contribution is -2.49. The van der Waals surface area contributed by atoms with Crippen molar-refractivity contribution >= 4 is 11.6 Å². The Morgan fingerprint density at radius 1 is 1.20 bits per heavy atom. The predicted molar refractivity (Wildman–Crippen MR) is 80.9 cm³/mol. The number of hydrogen-bond donors (Lipinski definition) is 1. The van der Waals surface area contributed by atoms with Gasteiger partial charge in [0, 0.05) is 32.6 Å². The Labute approximate surface area is 121 Å². The van der Waals surface area contributed by atoms with E-state index in [9.17, 15) is 4.79 Å². The summed E-state index contributed by atoms with van der Waals surface area (Å²) in [6.45, 7) is 13.8. The van der Waals surface area contributed by atoms with Crippen LogP contribution in [0.2, 0.25) is 0 Å². The van der Waals surface area contributed by atoms with E-state index in [0.29, 0.717) is 6.42 Å². The van der Waals surface area contributed by atoms with E-state index in [4.69, 9.17) is 0 Å². The zero-order chi connectivity index (χ0) is 14.9. The van der Waals surface area contributed by atoms with Gasteiger partial charge in [0.05, 0.1) is 17.1 Å². The van der Waals surface area contributed by atoms with E-state index in [2.05, 4.69) is 35.9 Å². The minimum absolute atomic E-state index is 0.0615. The minimum atomic E-state index is 0.0615. The molecule has 1 aromatic rings. The van der Waals surface area contributed by atoms with Crippen LogP contribution in [0.3, 0.4) is 0 Å². The fourth-order valence-corrected chi connectivity index (χ4v) is 2.76. The average Bonchev–Trinajstić information content (AvgIpc) is 2.67. The molecule has 1 aromatic heterocycles. The van der Waals surface area contributed by atoms with Crippen molar-refractivity contribution in [2.45, 2.75) is 41.0 Å². The highest BCUT2D eigenvalue weighted by Gasteiger charge is 2.26. The molecule has 5 heteroatoms. The van der Waals surface area contributed by atoms with Gasteiger partial charge in [-0.25, -0.2) is 0 Å². The Hall–Kier alpha value is -1.52. The zero-order valence-electron chi connectivity index (χ0n) is 13.3. The second kappa shape index (κ2) is 5.46. The van der Waals surface area contributed by atoms with Gasteiger partial charge in [-0.15, -0.1) is 0 Å². The van der Waals surface area contributed by atoms with E-state index in [-0.39, 0.29) is 11.3 Å². The highest BCUT2D eigenvalue weighted by atomic mass is 16.2. The van der Waals surface area contributed by atoms with Crippen LogP contribution in [0.5, 0.6) is 0 Å². The molecular weight excluding hydrogens is 252 g/mol. The van der Waals surface area contributed by atoms with E-state index in [1.54, 1.807) is 0 Å². The van der Waals surface area contributed by atoms with Gasteiger partial charge in [0.1, 0.15) is 0 Å². The molecule has 0 aromatic carbocycles. The van der Waals surface area contributed by atoms with Crippen molar-refractivity contribution in [1.29, 1.82) is 0 Å². The molecule has 1 amide bonds. The van der Waals surface area contributed by atoms with Crippen molar-refractivity contribution in [3.8, 4) is 0 Å². The number of H-pyrrole nitrogens is 1. The molecule has 1 N–H and O–H groups in total. The van der Waals surface area contributed by atoms with Crippen LogP contribution in [-0.2, 0) is 4.79 Å². The third-order valence-corrected chi connectivity index (χ3v) is 3.72. The van der Waals surface area contributed by atoms with Crippen LogP contribution in [0.1, 0.15) is 38.6 Å². The quantitative estimate of drug-likeness (QED) is 0.901. The van der Waals surface area contributed by atoms with Gasteiger partial charge < -0.3 is 9.80 Å². The number of aryl methyl sites for hydroxylation is 2. The summed E-state index contributed by atoms with van der Waals surface area (Å²) in [5.41, 5.74) is 3.41. The first-order valence-corrected chi connectivity index (χ1v) is 7.32. The second-order valence-corrected chi connectivity index (χ2v) is 6.89. The Morgan fingerprint density at radius 2 is 1.80 bits per heavy atom. The Balaban J connectivity index is 1.94. The second-order valence-electron chi connectivity index (χ2n) is 6.89. The van der Waals surface area contributed by atoms with Gasteiger partial charge in [0.25, 0.3) is 0 Å². The lowest BCUT2D eigenvalue weighted by atomic mass is 9.91. The summed E-state index contributed by atoms with van der Waals surface area (Å²) in [5, 5.41) is 7.27. The average molecular weight is 278 g/mol. The van der Waals surface area contributed by atoms with Crippen LogP contribution in [-0.4, -0.2) is 47.2 Å². The SMILES string of the molecule is Cc1n[nH]c(C)c1N1CCN(C(=O)CC(C)(C)C)CC1. The maximum atomic E-state index is 12.2. The maximum Gasteiger partial charge on any atom is 0.223 e. The van der Waals surface area contributed by atoms with Crippen molar-refractivity contribution in [3.05, 3.63) is 11.4 Å². The summed E-state index contributed by atoms with van der Waals surface area (Å²) in [7, 11) is 0. The maximum absolute atomic E-state index is 12.2. The first-order valence-electron chi connectivity index (χ1n) is 7.32. The number of piperazine rings is 1. The summed E-state index contributed by atoms with van der Waals surface area (Å²) in [6, 6.07) is 0. The number of hydrogen-bond acceptors (Lipinski definition) is 3. The lowest BCUT2D eigenvalue weighted by Gasteiger charge is -2.37. The number of carbonyl (C=O) groups excluding carboxylic acids is 1. The molecule has 1 aliphatic heterocycles. The largest absolute Gasteiger partial charge is 0.365 e. The smallest absolute Gasteiger partial charge is 0.223 e.